The largest absolute Gasteiger partial charge is 0.478 e. The maximum Gasteiger partial charge on any atom is 0.337 e. The Kier molecular flexibility index (Phi) is 5.28. The van der Waals surface area contributed by atoms with Crippen LogP contribution in [-0.2, 0) is 4.79 Å². The van der Waals surface area contributed by atoms with Crippen LogP contribution in [0.2, 0.25) is 0 Å². The summed E-state index contributed by atoms with van der Waals surface area (Å²) in [6.07, 6.45) is 1.36. The highest BCUT2D eigenvalue weighted by Gasteiger charge is 2.13. The van der Waals surface area contributed by atoms with Gasteiger partial charge in [-0.25, -0.2) is 9.18 Å². The van der Waals surface area contributed by atoms with Gasteiger partial charge in [-0.2, -0.15) is 0 Å². The number of carbonyl (C=O) groups is 2. The average Bonchev–Trinajstić information content (AvgIpc) is 2.49. The second kappa shape index (κ2) is 7.19. The number of anilines is 1. The Morgan fingerprint density at radius 3 is 2.43 bits per heavy atom. The van der Waals surface area contributed by atoms with E-state index in [1.807, 2.05) is 24.3 Å². The van der Waals surface area contributed by atoms with Gasteiger partial charge in [0, 0.05) is 10.5 Å². The molecule has 0 heterocycles. The Morgan fingerprint density at radius 1 is 1.17 bits per heavy atom. The van der Waals surface area contributed by atoms with Crippen LogP contribution >= 0.6 is 15.9 Å². The van der Waals surface area contributed by atoms with Crippen molar-refractivity contribution < 1.29 is 19.1 Å². The number of halogens is 2. The first-order valence-electron chi connectivity index (χ1n) is 6.65. The first-order valence-corrected chi connectivity index (χ1v) is 7.44. The number of hydrogen-bond donors (Lipinski definition) is 2. The van der Waals surface area contributed by atoms with Gasteiger partial charge >= 0.3 is 5.97 Å². The lowest BCUT2D eigenvalue weighted by Crippen LogP contribution is -2.12. The molecule has 0 aliphatic rings. The van der Waals surface area contributed by atoms with Crippen LogP contribution in [0.5, 0.6) is 0 Å². The second-order valence-electron chi connectivity index (χ2n) is 4.82. The van der Waals surface area contributed by atoms with Crippen LogP contribution in [0.1, 0.15) is 22.8 Å². The van der Waals surface area contributed by atoms with Crippen LogP contribution in [0.4, 0.5) is 10.1 Å². The second-order valence-corrected chi connectivity index (χ2v) is 5.73. The van der Waals surface area contributed by atoms with Crippen LogP contribution in [0.15, 0.2) is 53.0 Å². The van der Waals surface area contributed by atoms with Gasteiger partial charge in [-0.15, -0.1) is 0 Å². The predicted octanol–water partition coefficient (Wildman–Crippen LogP) is 4.33. The highest BCUT2D eigenvalue weighted by atomic mass is 79.9. The number of amides is 1. The third kappa shape index (κ3) is 4.50. The fourth-order valence-corrected chi connectivity index (χ4v) is 2.23. The van der Waals surface area contributed by atoms with E-state index in [1.54, 1.807) is 6.92 Å². The molecule has 2 aromatic rings. The SMILES string of the molecule is C/C(=C/C(=O)Nc1ccc(F)cc1C(=O)O)c1ccc(Br)cc1. The summed E-state index contributed by atoms with van der Waals surface area (Å²) in [6, 6.07) is 10.6. The van der Waals surface area contributed by atoms with Crippen molar-refractivity contribution in [1.29, 1.82) is 0 Å². The van der Waals surface area contributed by atoms with Gasteiger partial charge in [-0.3, -0.25) is 4.79 Å². The molecule has 2 aromatic carbocycles. The highest BCUT2D eigenvalue weighted by Crippen LogP contribution is 2.19. The molecule has 4 nitrogen and oxygen atoms in total. The molecule has 0 unspecified atom stereocenters. The zero-order valence-electron chi connectivity index (χ0n) is 12.1. The third-order valence-electron chi connectivity index (χ3n) is 3.12. The first-order chi connectivity index (χ1) is 10.9. The van der Waals surface area contributed by atoms with Crippen LogP contribution in [0, 0.1) is 5.82 Å². The van der Waals surface area contributed by atoms with Crippen molar-refractivity contribution >= 4 is 39.1 Å². The maximum atomic E-state index is 13.1. The van der Waals surface area contributed by atoms with Crippen molar-refractivity contribution in [2.24, 2.45) is 0 Å². The molecule has 0 radical (unpaired) electrons. The van der Waals surface area contributed by atoms with E-state index in [4.69, 9.17) is 5.11 Å². The molecule has 0 saturated heterocycles. The molecule has 0 saturated carbocycles. The number of carboxylic acids is 1. The summed E-state index contributed by atoms with van der Waals surface area (Å²) in [5.74, 6) is -2.48. The van der Waals surface area contributed by atoms with E-state index >= 15 is 0 Å². The number of benzene rings is 2. The Bertz CT molecular complexity index is 785. The summed E-state index contributed by atoms with van der Waals surface area (Å²) < 4.78 is 14.0. The van der Waals surface area contributed by atoms with E-state index in [0.717, 1.165) is 22.2 Å². The molecular weight excluding hydrogens is 365 g/mol. The molecule has 0 bridgehead atoms. The predicted molar refractivity (Wildman–Crippen MR) is 89.8 cm³/mol. The zero-order chi connectivity index (χ0) is 17.0. The van der Waals surface area contributed by atoms with Crippen LogP contribution in [0.3, 0.4) is 0 Å². The standard InChI is InChI=1S/C17H13BrFNO3/c1-10(11-2-4-12(18)5-3-11)8-16(21)20-15-7-6-13(19)9-14(15)17(22)23/h2-9H,1H3,(H,20,21)(H,22,23)/b10-8-. The van der Waals surface area contributed by atoms with E-state index in [1.165, 1.54) is 12.1 Å². The van der Waals surface area contributed by atoms with Gasteiger partial charge in [0.1, 0.15) is 5.82 Å². The lowest BCUT2D eigenvalue weighted by molar-refractivity contribution is -0.111. The zero-order valence-corrected chi connectivity index (χ0v) is 13.7. The topological polar surface area (TPSA) is 66.4 Å². The molecule has 2 rings (SSSR count). The van der Waals surface area contributed by atoms with Crippen molar-refractivity contribution in [1.82, 2.24) is 0 Å². The molecule has 1 amide bonds. The summed E-state index contributed by atoms with van der Waals surface area (Å²) in [6.45, 7) is 1.77. The third-order valence-corrected chi connectivity index (χ3v) is 3.65. The summed E-state index contributed by atoms with van der Waals surface area (Å²) in [4.78, 5) is 23.1. The number of allylic oxidation sites excluding steroid dienone is 1. The fourth-order valence-electron chi connectivity index (χ4n) is 1.96. The summed E-state index contributed by atoms with van der Waals surface area (Å²) in [5, 5.41) is 11.5. The van der Waals surface area contributed by atoms with Crippen molar-refractivity contribution in [3.05, 3.63) is 70.0 Å². The Balaban J connectivity index is 2.21. The van der Waals surface area contributed by atoms with Gasteiger partial charge in [0.15, 0.2) is 0 Å². The number of aromatic carboxylic acids is 1. The van der Waals surface area contributed by atoms with Crippen molar-refractivity contribution in [3.63, 3.8) is 0 Å². The summed E-state index contributed by atoms with van der Waals surface area (Å²) in [5.41, 5.74) is 1.33. The minimum Gasteiger partial charge on any atom is -0.478 e. The monoisotopic (exact) mass is 377 g/mol. The van der Waals surface area contributed by atoms with Crippen LogP contribution in [-0.4, -0.2) is 17.0 Å². The molecular formula is C17H13BrFNO3. The van der Waals surface area contributed by atoms with E-state index in [2.05, 4.69) is 21.2 Å². The maximum absolute atomic E-state index is 13.1. The Labute approximate surface area is 140 Å². The number of nitrogens with one attached hydrogen (secondary N) is 1. The quantitative estimate of drug-likeness (QED) is 0.779. The Morgan fingerprint density at radius 2 is 1.83 bits per heavy atom. The molecule has 0 aliphatic heterocycles. The molecule has 6 heteroatoms. The minimum absolute atomic E-state index is 0.0451. The highest BCUT2D eigenvalue weighted by molar-refractivity contribution is 9.10. The lowest BCUT2D eigenvalue weighted by Gasteiger charge is -2.07. The first kappa shape index (κ1) is 16.9. The molecule has 0 aliphatic carbocycles. The van der Waals surface area contributed by atoms with Gasteiger partial charge in [-0.05, 0) is 48.4 Å². The van der Waals surface area contributed by atoms with E-state index in [-0.39, 0.29) is 11.3 Å². The fraction of sp³-hybridized carbons (Fsp3) is 0.0588. The van der Waals surface area contributed by atoms with Gasteiger partial charge in [0.25, 0.3) is 0 Å². The number of rotatable bonds is 4. The van der Waals surface area contributed by atoms with Gasteiger partial charge in [0.2, 0.25) is 5.91 Å². The number of carboxylic acid groups (broad SMARTS) is 1. The molecule has 2 N–H and O–H groups in total. The minimum atomic E-state index is -1.31. The van der Waals surface area contributed by atoms with Gasteiger partial charge in [0.05, 0.1) is 11.3 Å². The Hall–Kier alpha value is -2.47. The van der Waals surface area contributed by atoms with Gasteiger partial charge in [-0.1, -0.05) is 28.1 Å². The normalized spacial score (nSPS) is 11.2. The molecule has 0 aromatic heterocycles. The summed E-state index contributed by atoms with van der Waals surface area (Å²) >= 11 is 3.33. The van der Waals surface area contributed by atoms with Crippen LogP contribution in [0.25, 0.3) is 5.57 Å². The number of carbonyl (C=O) groups excluding carboxylic acids is 1. The van der Waals surface area contributed by atoms with E-state index < -0.39 is 17.7 Å². The number of hydrogen-bond acceptors (Lipinski definition) is 2. The van der Waals surface area contributed by atoms with Crippen molar-refractivity contribution in [2.75, 3.05) is 5.32 Å². The van der Waals surface area contributed by atoms with Gasteiger partial charge < -0.3 is 10.4 Å². The van der Waals surface area contributed by atoms with Crippen molar-refractivity contribution in [2.45, 2.75) is 6.92 Å². The van der Waals surface area contributed by atoms with Crippen molar-refractivity contribution in [3.8, 4) is 0 Å². The molecule has 0 fully saturated rings. The average molecular weight is 378 g/mol. The molecule has 118 valence electrons. The molecule has 0 atom stereocenters. The molecule has 0 spiro atoms. The molecule has 23 heavy (non-hydrogen) atoms. The smallest absolute Gasteiger partial charge is 0.337 e. The lowest BCUT2D eigenvalue weighted by atomic mass is 10.1. The van der Waals surface area contributed by atoms with Crippen LogP contribution < -0.4 is 5.32 Å². The van der Waals surface area contributed by atoms with E-state index in [9.17, 15) is 14.0 Å². The summed E-state index contributed by atoms with van der Waals surface area (Å²) in [7, 11) is 0. The van der Waals surface area contributed by atoms with E-state index in [0.29, 0.717) is 5.57 Å².